The predicted molar refractivity (Wildman–Crippen MR) is 50.2 cm³/mol. The Morgan fingerprint density at radius 1 is 1.29 bits per heavy atom. The van der Waals surface area contributed by atoms with E-state index in [1.807, 2.05) is 6.07 Å². The molecule has 72 valence electrons. The molecule has 0 aromatic heterocycles. The first kappa shape index (κ1) is 8.74. The predicted octanol–water partition coefficient (Wildman–Crippen LogP) is 0.564. The number of hydrogen-bond donors (Lipinski definition) is 1. The van der Waals surface area contributed by atoms with Crippen LogP contribution in [0, 0.1) is 0 Å². The molecular weight excluding hydrogens is 180 g/mol. The molecule has 4 nitrogen and oxygen atoms in total. The second-order valence-corrected chi connectivity index (χ2v) is 3.11. The first-order valence-electron chi connectivity index (χ1n) is 4.44. The number of hydrazine groups is 1. The molecule has 1 aromatic carbocycles. The van der Waals surface area contributed by atoms with Crippen LogP contribution in [-0.2, 0) is 4.79 Å². The fourth-order valence-corrected chi connectivity index (χ4v) is 1.36. The van der Waals surface area contributed by atoms with E-state index in [-0.39, 0.29) is 11.8 Å². The molecule has 0 saturated carbocycles. The Morgan fingerprint density at radius 2 is 2.00 bits per heavy atom. The van der Waals surface area contributed by atoms with Crippen LogP contribution in [-0.4, -0.2) is 23.4 Å². The van der Waals surface area contributed by atoms with Crippen molar-refractivity contribution in [3.63, 3.8) is 0 Å². The summed E-state index contributed by atoms with van der Waals surface area (Å²) in [7, 11) is 0. The number of carbonyl (C=O) groups is 2. The number of benzene rings is 1. The zero-order valence-corrected chi connectivity index (χ0v) is 7.56. The normalized spacial score (nSPS) is 15.4. The molecule has 0 unspecified atom stereocenters. The SMILES string of the molecule is O=C1CCN(C(=O)c2ccccc2)N1. The van der Waals surface area contributed by atoms with Gasteiger partial charge in [-0.1, -0.05) is 18.2 Å². The fourth-order valence-electron chi connectivity index (χ4n) is 1.36. The highest BCUT2D eigenvalue weighted by molar-refractivity contribution is 5.96. The van der Waals surface area contributed by atoms with Gasteiger partial charge in [0.25, 0.3) is 5.91 Å². The minimum atomic E-state index is -0.156. The van der Waals surface area contributed by atoms with Gasteiger partial charge in [0, 0.05) is 12.0 Å². The topological polar surface area (TPSA) is 49.4 Å². The van der Waals surface area contributed by atoms with Crippen LogP contribution in [0.4, 0.5) is 0 Å². The van der Waals surface area contributed by atoms with Crippen molar-refractivity contribution in [1.82, 2.24) is 10.4 Å². The van der Waals surface area contributed by atoms with E-state index in [1.54, 1.807) is 24.3 Å². The lowest BCUT2D eigenvalue weighted by Gasteiger charge is -2.14. The molecule has 0 spiro atoms. The fraction of sp³-hybridized carbons (Fsp3) is 0.200. The van der Waals surface area contributed by atoms with Crippen LogP contribution in [0.2, 0.25) is 0 Å². The number of hydrogen-bond acceptors (Lipinski definition) is 2. The minimum absolute atomic E-state index is 0.103. The first-order valence-corrected chi connectivity index (χ1v) is 4.44. The quantitative estimate of drug-likeness (QED) is 0.703. The van der Waals surface area contributed by atoms with Crippen molar-refractivity contribution in [2.75, 3.05) is 6.54 Å². The second-order valence-electron chi connectivity index (χ2n) is 3.11. The highest BCUT2D eigenvalue weighted by Gasteiger charge is 2.23. The van der Waals surface area contributed by atoms with Crippen LogP contribution >= 0.6 is 0 Å². The van der Waals surface area contributed by atoms with Crippen molar-refractivity contribution in [2.45, 2.75) is 6.42 Å². The second kappa shape index (κ2) is 3.49. The zero-order chi connectivity index (χ0) is 9.97. The van der Waals surface area contributed by atoms with E-state index in [2.05, 4.69) is 5.43 Å². The summed E-state index contributed by atoms with van der Waals surface area (Å²) in [6.07, 6.45) is 0.387. The van der Waals surface area contributed by atoms with Gasteiger partial charge in [-0.2, -0.15) is 0 Å². The lowest BCUT2D eigenvalue weighted by Crippen LogP contribution is -2.38. The van der Waals surface area contributed by atoms with Crippen LogP contribution in [0.1, 0.15) is 16.8 Å². The number of nitrogens with zero attached hydrogens (tertiary/aromatic N) is 1. The van der Waals surface area contributed by atoms with Gasteiger partial charge in [0.05, 0.1) is 6.54 Å². The molecule has 1 aromatic rings. The average Bonchev–Trinajstić information content (AvgIpc) is 2.65. The smallest absolute Gasteiger partial charge is 0.272 e. The van der Waals surface area contributed by atoms with Crippen LogP contribution in [0.5, 0.6) is 0 Å². The molecule has 1 heterocycles. The molecule has 0 atom stereocenters. The molecule has 1 N–H and O–H groups in total. The van der Waals surface area contributed by atoms with E-state index in [0.29, 0.717) is 18.5 Å². The Bertz CT molecular complexity index is 362. The summed E-state index contributed by atoms with van der Waals surface area (Å²) in [5, 5.41) is 1.34. The van der Waals surface area contributed by atoms with Gasteiger partial charge in [0.1, 0.15) is 0 Å². The summed E-state index contributed by atoms with van der Waals surface area (Å²) in [5.41, 5.74) is 3.09. The van der Waals surface area contributed by atoms with Crippen molar-refractivity contribution in [2.24, 2.45) is 0 Å². The van der Waals surface area contributed by atoms with E-state index in [0.717, 1.165) is 0 Å². The van der Waals surface area contributed by atoms with E-state index < -0.39 is 0 Å². The highest BCUT2D eigenvalue weighted by Crippen LogP contribution is 2.06. The molecule has 0 bridgehead atoms. The summed E-state index contributed by atoms with van der Waals surface area (Å²) in [4.78, 5) is 22.6. The summed E-state index contributed by atoms with van der Waals surface area (Å²) >= 11 is 0. The van der Waals surface area contributed by atoms with Crippen molar-refractivity contribution >= 4 is 11.8 Å². The van der Waals surface area contributed by atoms with Crippen LogP contribution in [0.25, 0.3) is 0 Å². The first-order chi connectivity index (χ1) is 6.77. The van der Waals surface area contributed by atoms with Gasteiger partial charge < -0.3 is 0 Å². The maximum atomic E-state index is 11.7. The molecule has 1 aliphatic heterocycles. The van der Waals surface area contributed by atoms with Gasteiger partial charge in [-0.3, -0.25) is 15.0 Å². The van der Waals surface area contributed by atoms with Crippen molar-refractivity contribution in [1.29, 1.82) is 0 Å². The molecule has 2 amide bonds. The van der Waals surface area contributed by atoms with Gasteiger partial charge in [0.2, 0.25) is 5.91 Å². The van der Waals surface area contributed by atoms with Gasteiger partial charge in [-0.25, -0.2) is 5.01 Å². The van der Waals surface area contributed by atoms with E-state index in [9.17, 15) is 9.59 Å². The highest BCUT2D eigenvalue weighted by atomic mass is 16.2. The van der Waals surface area contributed by atoms with E-state index in [1.165, 1.54) is 5.01 Å². The number of amides is 2. The minimum Gasteiger partial charge on any atom is -0.273 e. The number of carbonyl (C=O) groups excluding carboxylic acids is 2. The lowest BCUT2D eigenvalue weighted by atomic mass is 10.2. The van der Waals surface area contributed by atoms with E-state index >= 15 is 0 Å². The summed E-state index contributed by atoms with van der Waals surface area (Å²) in [6.45, 7) is 0.451. The lowest BCUT2D eigenvalue weighted by molar-refractivity contribution is -0.120. The largest absolute Gasteiger partial charge is 0.273 e. The van der Waals surface area contributed by atoms with E-state index in [4.69, 9.17) is 0 Å². The third kappa shape index (κ3) is 1.59. The Labute approximate surface area is 81.5 Å². The third-order valence-electron chi connectivity index (χ3n) is 2.09. The Morgan fingerprint density at radius 3 is 2.57 bits per heavy atom. The molecule has 1 aliphatic rings. The Kier molecular flexibility index (Phi) is 2.18. The summed E-state index contributed by atoms with van der Waals surface area (Å²) in [5.74, 6) is -0.259. The monoisotopic (exact) mass is 190 g/mol. The summed E-state index contributed by atoms with van der Waals surface area (Å²) < 4.78 is 0. The zero-order valence-electron chi connectivity index (χ0n) is 7.56. The molecule has 2 rings (SSSR count). The Hall–Kier alpha value is -1.84. The molecule has 1 saturated heterocycles. The average molecular weight is 190 g/mol. The molecule has 1 fully saturated rings. The van der Waals surface area contributed by atoms with Crippen LogP contribution < -0.4 is 5.43 Å². The number of rotatable bonds is 1. The molecule has 14 heavy (non-hydrogen) atoms. The van der Waals surface area contributed by atoms with Crippen molar-refractivity contribution in [3.8, 4) is 0 Å². The molecule has 0 aliphatic carbocycles. The Balaban J connectivity index is 2.13. The van der Waals surface area contributed by atoms with Crippen LogP contribution in [0.15, 0.2) is 30.3 Å². The van der Waals surface area contributed by atoms with Gasteiger partial charge in [0.15, 0.2) is 0 Å². The summed E-state index contributed by atoms with van der Waals surface area (Å²) in [6, 6.07) is 8.90. The standard InChI is InChI=1S/C10H10N2O2/c13-9-6-7-12(11-9)10(14)8-4-2-1-3-5-8/h1-5H,6-7H2,(H,11,13). The molecular formula is C10H10N2O2. The van der Waals surface area contributed by atoms with Gasteiger partial charge in [-0.15, -0.1) is 0 Å². The van der Waals surface area contributed by atoms with Crippen molar-refractivity contribution in [3.05, 3.63) is 35.9 Å². The molecule has 0 radical (unpaired) electrons. The third-order valence-corrected chi connectivity index (χ3v) is 2.09. The van der Waals surface area contributed by atoms with Crippen LogP contribution in [0.3, 0.4) is 0 Å². The number of nitrogens with one attached hydrogen (secondary N) is 1. The van der Waals surface area contributed by atoms with Gasteiger partial charge in [-0.05, 0) is 12.1 Å². The maximum absolute atomic E-state index is 11.7. The molecule has 4 heteroatoms. The van der Waals surface area contributed by atoms with Gasteiger partial charge >= 0.3 is 0 Å². The maximum Gasteiger partial charge on any atom is 0.272 e. The van der Waals surface area contributed by atoms with Crippen molar-refractivity contribution < 1.29 is 9.59 Å².